The lowest BCUT2D eigenvalue weighted by atomic mass is 10.3. The molecule has 6 nitrogen and oxygen atoms in total. The van der Waals surface area contributed by atoms with Gasteiger partial charge in [-0.3, -0.25) is 4.79 Å². The summed E-state index contributed by atoms with van der Waals surface area (Å²) in [5, 5.41) is 13.1. The standard InChI is InChI=1S/C20H35ClN2O4Si/c1-13(2)28(14(3)4,15(5)6)27-11-16(7)26-12-18(24)20(25)23-19-9-8-17(21)10-22-19/h8-10,13-16,18,24H,11-12H2,1-7H3,(H,22,23,25)/t16-,18?/m1/s1. The number of pyridine rings is 1. The summed E-state index contributed by atoms with van der Waals surface area (Å²) < 4.78 is 12.1. The Morgan fingerprint density at radius 1 is 1.11 bits per heavy atom. The fourth-order valence-electron chi connectivity index (χ4n) is 3.80. The summed E-state index contributed by atoms with van der Waals surface area (Å²) in [6.07, 6.45) is -0.0882. The molecule has 0 radical (unpaired) electrons. The Kier molecular flexibility index (Phi) is 10.1. The predicted octanol–water partition coefficient (Wildman–Crippen LogP) is 4.63. The summed E-state index contributed by atoms with van der Waals surface area (Å²) >= 11 is 5.76. The molecule has 0 aromatic carbocycles. The zero-order valence-corrected chi connectivity index (χ0v) is 19.8. The number of nitrogens with one attached hydrogen (secondary N) is 1. The first kappa shape index (κ1) is 25.0. The summed E-state index contributed by atoms with van der Waals surface area (Å²) in [7, 11) is -1.96. The number of carbonyl (C=O) groups excluding carboxylic acids is 1. The van der Waals surface area contributed by atoms with Gasteiger partial charge in [0.25, 0.3) is 5.91 Å². The molecule has 1 rings (SSSR count). The fraction of sp³-hybridized carbons (Fsp3) is 0.700. The summed E-state index contributed by atoms with van der Waals surface area (Å²) in [4.78, 5) is 16.0. The van der Waals surface area contributed by atoms with Crippen molar-refractivity contribution in [3.8, 4) is 0 Å². The van der Waals surface area contributed by atoms with Gasteiger partial charge in [0, 0.05) is 6.20 Å². The fourth-order valence-corrected chi connectivity index (χ4v) is 9.44. The lowest BCUT2D eigenvalue weighted by molar-refractivity contribution is -0.128. The number of ether oxygens (including phenoxy) is 1. The maximum Gasteiger partial charge on any atom is 0.256 e. The smallest absolute Gasteiger partial charge is 0.256 e. The highest BCUT2D eigenvalue weighted by molar-refractivity contribution is 6.77. The highest BCUT2D eigenvalue weighted by Gasteiger charge is 2.45. The highest BCUT2D eigenvalue weighted by Crippen LogP contribution is 2.42. The van der Waals surface area contributed by atoms with Crippen LogP contribution in [0.5, 0.6) is 0 Å². The molecule has 0 aliphatic carbocycles. The number of carbonyl (C=O) groups is 1. The number of halogens is 1. The SMILES string of the molecule is CC(C)[Si](OC[C@@H](C)OCC(O)C(=O)Nc1ccc(Cl)cn1)(C(C)C)C(C)C. The number of aliphatic hydroxyl groups excluding tert-OH is 1. The van der Waals surface area contributed by atoms with Gasteiger partial charge in [0.05, 0.1) is 24.3 Å². The van der Waals surface area contributed by atoms with E-state index >= 15 is 0 Å². The molecule has 0 fully saturated rings. The van der Waals surface area contributed by atoms with Crippen molar-refractivity contribution in [2.45, 2.75) is 77.3 Å². The van der Waals surface area contributed by atoms with Crippen molar-refractivity contribution in [1.29, 1.82) is 0 Å². The van der Waals surface area contributed by atoms with Crippen LogP contribution in [0.25, 0.3) is 0 Å². The van der Waals surface area contributed by atoms with Gasteiger partial charge in [-0.15, -0.1) is 0 Å². The molecule has 0 saturated heterocycles. The first-order chi connectivity index (χ1) is 13.0. The minimum absolute atomic E-state index is 0.108. The van der Waals surface area contributed by atoms with Crippen molar-refractivity contribution >= 4 is 31.6 Å². The molecular weight excluding hydrogens is 396 g/mol. The molecule has 28 heavy (non-hydrogen) atoms. The average molecular weight is 431 g/mol. The third kappa shape index (κ3) is 6.81. The molecule has 0 aliphatic rings. The number of hydrogen-bond donors (Lipinski definition) is 2. The van der Waals surface area contributed by atoms with E-state index in [4.69, 9.17) is 20.8 Å². The summed E-state index contributed by atoms with van der Waals surface area (Å²) in [6.45, 7) is 15.6. The van der Waals surface area contributed by atoms with E-state index in [0.717, 1.165) is 0 Å². The van der Waals surface area contributed by atoms with E-state index in [1.807, 2.05) is 6.92 Å². The van der Waals surface area contributed by atoms with E-state index in [9.17, 15) is 9.90 Å². The van der Waals surface area contributed by atoms with Crippen molar-refractivity contribution in [2.75, 3.05) is 18.5 Å². The zero-order chi connectivity index (χ0) is 21.5. The summed E-state index contributed by atoms with van der Waals surface area (Å²) in [6, 6.07) is 3.18. The molecule has 2 N–H and O–H groups in total. The Balaban J connectivity index is 2.53. The number of nitrogens with zero attached hydrogens (tertiary/aromatic N) is 1. The number of hydrogen-bond acceptors (Lipinski definition) is 5. The summed E-state index contributed by atoms with van der Waals surface area (Å²) in [5.41, 5.74) is 1.47. The van der Waals surface area contributed by atoms with Gasteiger partial charge in [-0.05, 0) is 35.7 Å². The molecule has 1 unspecified atom stereocenters. The van der Waals surface area contributed by atoms with E-state index in [-0.39, 0.29) is 12.7 Å². The quantitative estimate of drug-likeness (QED) is 0.500. The molecule has 1 amide bonds. The average Bonchev–Trinajstić information content (AvgIpc) is 2.61. The number of rotatable bonds is 11. The lowest BCUT2D eigenvalue weighted by Gasteiger charge is -2.42. The number of amides is 1. The molecule has 2 atom stereocenters. The van der Waals surface area contributed by atoms with Crippen LogP contribution in [0.1, 0.15) is 48.5 Å². The van der Waals surface area contributed by atoms with Gasteiger partial charge in [-0.1, -0.05) is 53.1 Å². The first-order valence-electron chi connectivity index (χ1n) is 9.86. The Morgan fingerprint density at radius 3 is 2.14 bits per heavy atom. The van der Waals surface area contributed by atoms with Gasteiger partial charge >= 0.3 is 0 Å². The van der Waals surface area contributed by atoms with Crippen molar-refractivity contribution in [3.05, 3.63) is 23.4 Å². The van der Waals surface area contributed by atoms with Crippen molar-refractivity contribution in [3.63, 3.8) is 0 Å². The van der Waals surface area contributed by atoms with Crippen LogP contribution in [-0.4, -0.2) is 49.7 Å². The van der Waals surface area contributed by atoms with Crippen LogP contribution in [0.15, 0.2) is 18.3 Å². The third-order valence-electron chi connectivity index (χ3n) is 5.10. The topological polar surface area (TPSA) is 80.7 Å². The minimum Gasteiger partial charge on any atom is -0.413 e. The Morgan fingerprint density at radius 2 is 1.68 bits per heavy atom. The second-order valence-electron chi connectivity index (χ2n) is 8.14. The van der Waals surface area contributed by atoms with E-state index in [1.165, 1.54) is 6.20 Å². The van der Waals surface area contributed by atoms with Crippen LogP contribution in [-0.2, 0) is 14.0 Å². The van der Waals surface area contributed by atoms with Crippen LogP contribution >= 0.6 is 11.6 Å². The molecule has 1 aromatic heterocycles. The van der Waals surface area contributed by atoms with Gasteiger partial charge in [-0.2, -0.15) is 0 Å². The van der Waals surface area contributed by atoms with E-state index in [2.05, 4.69) is 51.8 Å². The maximum atomic E-state index is 12.1. The molecule has 0 bridgehead atoms. The van der Waals surface area contributed by atoms with Crippen LogP contribution < -0.4 is 5.32 Å². The normalized spacial score (nSPS) is 14.6. The molecular formula is C20H35ClN2O4Si. The number of aromatic nitrogens is 1. The van der Waals surface area contributed by atoms with Gasteiger partial charge in [0.1, 0.15) is 5.82 Å². The highest BCUT2D eigenvalue weighted by atomic mass is 35.5. The van der Waals surface area contributed by atoms with Crippen LogP contribution in [0.2, 0.25) is 21.6 Å². The second-order valence-corrected chi connectivity index (χ2v) is 14.0. The zero-order valence-electron chi connectivity index (χ0n) is 18.0. The van der Waals surface area contributed by atoms with Crippen molar-refractivity contribution < 1.29 is 19.1 Å². The number of aliphatic hydroxyl groups is 1. The molecule has 0 saturated carbocycles. The van der Waals surface area contributed by atoms with Gasteiger partial charge in [0.15, 0.2) is 14.4 Å². The summed E-state index contributed by atoms with van der Waals surface area (Å²) in [5.74, 6) is -0.246. The van der Waals surface area contributed by atoms with Gasteiger partial charge < -0.3 is 19.6 Å². The van der Waals surface area contributed by atoms with Crippen LogP contribution in [0.3, 0.4) is 0 Å². The Hall–Kier alpha value is -0.993. The van der Waals surface area contributed by atoms with Gasteiger partial charge in [-0.25, -0.2) is 4.98 Å². The van der Waals surface area contributed by atoms with E-state index in [0.29, 0.717) is 34.1 Å². The molecule has 160 valence electrons. The molecule has 8 heteroatoms. The minimum atomic E-state index is -1.96. The van der Waals surface area contributed by atoms with Crippen LogP contribution in [0, 0.1) is 0 Å². The van der Waals surface area contributed by atoms with Crippen molar-refractivity contribution in [2.24, 2.45) is 0 Å². The second kappa shape index (κ2) is 11.3. The monoisotopic (exact) mass is 430 g/mol. The van der Waals surface area contributed by atoms with E-state index < -0.39 is 20.3 Å². The Labute approximate surface area is 175 Å². The molecule has 1 heterocycles. The van der Waals surface area contributed by atoms with Gasteiger partial charge in [0.2, 0.25) is 0 Å². The third-order valence-corrected chi connectivity index (χ3v) is 11.4. The first-order valence-corrected chi connectivity index (χ1v) is 12.4. The molecule has 0 spiro atoms. The predicted molar refractivity (Wildman–Crippen MR) is 116 cm³/mol. The molecule has 0 aliphatic heterocycles. The van der Waals surface area contributed by atoms with Crippen molar-refractivity contribution in [1.82, 2.24) is 4.98 Å². The maximum absolute atomic E-state index is 12.1. The van der Waals surface area contributed by atoms with E-state index in [1.54, 1.807) is 12.1 Å². The molecule has 1 aromatic rings. The largest absolute Gasteiger partial charge is 0.413 e. The Bertz CT molecular complexity index is 589. The van der Waals surface area contributed by atoms with Crippen LogP contribution in [0.4, 0.5) is 5.82 Å². The number of anilines is 1. The lowest BCUT2D eigenvalue weighted by Crippen LogP contribution is -2.49.